The molecule has 1 aliphatic heterocycles. The average molecular weight is 410 g/mol. The number of nitriles is 1. The monoisotopic (exact) mass is 410 g/mol. The van der Waals surface area contributed by atoms with Gasteiger partial charge in [-0.25, -0.2) is 9.18 Å². The molecule has 0 aliphatic carbocycles. The molecule has 2 heterocycles. The van der Waals surface area contributed by atoms with Gasteiger partial charge in [0.05, 0.1) is 22.9 Å². The van der Waals surface area contributed by atoms with E-state index in [-0.39, 0.29) is 11.6 Å². The molecule has 1 atom stereocenters. The van der Waals surface area contributed by atoms with Crippen molar-refractivity contribution in [2.24, 2.45) is 0 Å². The number of pyridine rings is 1. The first-order valence-corrected chi connectivity index (χ1v) is 9.59. The Morgan fingerprint density at radius 2 is 2.17 bits per heavy atom. The summed E-state index contributed by atoms with van der Waals surface area (Å²) in [6, 6.07) is 5.90. The van der Waals surface area contributed by atoms with Crippen LogP contribution in [0.15, 0.2) is 30.6 Å². The number of amides is 1. The van der Waals surface area contributed by atoms with E-state index < -0.39 is 17.5 Å². The highest BCUT2D eigenvalue weighted by Gasteiger charge is 2.29. The van der Waals surface area contributed by atoms with Crippen molar-refractivity contribution in [2.75, 3.05) is 18.0 Å². The Morgan fingerprint density at radius 3 is 2.83 bits per heavy atom. The van der Waals surface area contributed by atoms with Gasteiger partial charge >= 0.3 is 6.09 Å². The van der Waals surface area contributed by atoms with E-state index in [0.717, 1.165) is 6.29 Å². The highest BCUT2D eigenvalue weighted by molar-refractivity contribution is 5.92. The van der Waals surface area contributed by atoms with Gasteiger partial charge in [-0.1, -0.05) is 6.07 Å². The number of aromatic nitrogens is 1. The topological polar surface area (TPSA) is 95.3 Å². The van der Waals surface area contributed by atoms with Crippen molar-refractivity contribution >= 4 is 18.1 Å². The molecule has 1 N–H and O–H groups in total. The van der Waals surface area contributed by atoms with E-state index in [2.05, 4.69) is 10.3 Å². The second-order valence-corrected chi connectivity index (χ2v) is 8.13. The zero-order valence-electron chi connectivity index (χ0n) is 17.1. The SMILES string of the molecule is CC(C)(C)OC(=O)NC1CCN(c2c(C=O)cncc2-c2ccc(F)c(C#N)c2)C1. The number of hydrogen-bond donors (Lipinski definition) is 1. The molecule has 156 valence electrons. The minimum absolute atomic E-state index is 0.0825. The molecule has 1 saturated heterocycles. The fraction of sp³-hybridized carbons (Fsp3) is 0.364. The molecule has 0 spiro atoms. The summed E-state index contributed by atoms with van der Waals surface area (Å²) < 4.78 is 19.1. The Kier molecular flexibility index (Phi) is 6.01. The van der Waals surface area contributed by atoms with Crippen molar-refractivity contribution in [1.29, 1.82) is 5.26 Å². The summed E-state index contributed by atoms with van der Waals surface area (Å²) in [4.78, 5) is 29.9. The number of ether oxygens (including phenoxy) is 1. The summed E-state index contributed by atoms with van der Waals surface area (Å²) in [5.74, 6) is -0.606. The van der Waals surface area contributed by atoms with E-state index >= 15 is 0 Å². The molecule has 1 unspecified atom stereocenters. The molecule has 2 aromatic rings. The second-order valence-electron chi connectivity index (χ2n) is 8.13. The largest absolute Gasteiger partial charge is 0.444 e. The van der Waals surface area contributed by atoms with Crippen LogP contribution in [-0.2, 0) is 4.74 Å². The third kappa shape index (κ3) is 4.74. The molecule has 1 amide bonds. The lowest BCUT2D eigenvalue weighted by Gasteiger charge is -2.24. The van der Waals surface area contributed by atoms with Crippen molar-refractivity contribution in [3.8, 4) is 17.2 Å². The van der Waals surface area contributed by atoms with Crippen LogP contribution in [0.25, 0.3) is 11.1 Å². The van der Waals surface area contributed by atoms with E-state index in [1.807, 2.05) is 11.0 Å². The number of aldehydes is 1. The van der Waals surface area contributed by atoms with Crippen LogP contribution in [0.5, 0.6) is 0 Å². The van der Waals surface area contributed by atoms with Gasteiger partial charge in [0.1, 0.15) is 17.5 Å². The number of rotatable bonds is 4. The summed E-state index contributed by atoms with van der Waals surface area (Å²) in [6.07, 6.45) is 3.96. The number of nitrogens with zero attached hydrogens (tertiary/aromatic N) is 3. The van der Waals surface area contributed by atoms with Crippen molar-refractivity contribution < 1.29 is 18.7 Å². The van der Waals surface area contributed by atoms with Gasteiger partial charge in [0, 0.05) is 31.0 Å². The molecular weight excluding hydrogens is 387 g/mol. The Hall–Kier alpha value is -3.47. The molecule has 1 aromatic carbocycles. The Labute approximate surface area is 174 Å². The normalized spacial score (nSPS) is 16.1. The molecule has 0 radical (unpaired) electrons. The third-order valence-corrected chi connectivity index (χ3v) is 4.70. The first-order valence-electron chi connectivity index (χ1n) is 9.59. The van der Waals surface area contributed by atoms with Crippen LogP contribution < -0.4 is 10.2 Å². The van der Waals surface area contributed by atoms with E-state index in [1.54, 1.807) is 33.0 Å². The van der Waals surface area contributed by atoms with E-state index in [1.165, 1.54) is 18.3 Å². The first-order chi connectivity index (χ1) is 14.2. The van der Waals surface area contributed by atoms with Crippen molar-refractivity contribution in [2.45, 2.75) is 38.8 Å². The number of anilines is 1. The quantitative estimate of drug-likeness (QED) is 0.773. The fourth-order valence-corrected chi connectivity index (χ4v) is 3.45. The molecule has 30 heavy (non-hydrogen) atoms. The van der Waals surface area contributed by atoms with Crippen LogP contribution in [0.2, 0.25) is 0 Å². The minimum atomic E-state index is -0.606. The summed E-state index contributed by atoms with van der Waals surface area (Å²) in [5, 5.41) is 12.0. The van der Waals surface area contributed by atoms with E-state index in [9.17, 15) is 14.0 Å². The zero-order chi connectivity index (χ0) is 21.9. The molecule has 7 nitrogen and oxygen atoms in total. The fourth-order valence-electron chi connectivity index (χ4n) is 3.45. The predicted octanol–water partition coefficient (Wildman–Crippen LogP) is 3.68. The lowest BCUT2D eigenvalue weighted by molar-refractivity contribution is 0.0509. The molecule has 0 bridgehead atoms. The van der Waals surface area contributed by atoms with Gasteiger partial charge in [-0.05, 0) is 44.9 Å². The first kappa shape index (κ1) is 21.2. The number of alkyl carbamates (subject to hydrolysis) is 1. The number of carbonyl (C=O) groups is 2. The molecule has 1 aliphatic rings. The van der Waals surface area contributed by atoms with Gasteiger partial charge in [-0.15, -0.1) is 0 Å². The summed E-state index contributed by atoms with van der Waals surface area (Å²) in [5.41, 5.74) is 1.56. The van der Waals surface area contributed by atoms with Gasteiger partial charge < -0.3 is 15.0 Å². The molecule has 0 saturated carbocycles. The van der Waals surface area contributed by atoms with Crippen LogP contribution in [0, 0.1) is 17.1 Å². The molecule has 1 fully saturated rings. The Morgan fingerprint density at radius 1 is 1.40 bits per heavy atom. The number of halogens is 1. The highest BCUT2D eigenvalue weighted by Crippen LogP contribution is 2.35. The second kappa shape index (κ2) is 8.49. The lowest BCUT2D eigenvalue weighted by Crippen LogP contribution is -2.40. The summed E-state index contributed by atoms with van der Waals surface area (Å²) >= 11 is 0. The molecule has 8 heteroatoms. The smallest absolute Gasteiger partial charge is 0.407 e. The predicted molar refractivity (Wildman–Crippen MR) is 110 cm³/mol. The van der Waals surface area contributed by atoms with Crippen LogP contribution >= 0.6 is 0 Å². The number of nitrogens with one attached hydrogen (secondary N) is 1. The van der Waals surface area contributed by atoms with E-state index in [0.29, 0.717) is 41.9 Å². The Bertz CT molecular complexity index is 1010. The van der Waals surface area contributed by atoms with Crippen LogP contribution in [0.1, 0.15) is 43.1 Å². The van der Waals surface area contributed by atoms with Crippen LogP contribution in [0.3, 0.4) is 0 Å². The summed E-state index contributed by atoms with van der Waals surface area (Å²) in [7, 11) is 0. The van der Waals surface area contributed by atoms with Crippen LogP contribution in [-0.4, -0.2) is 42.1 Å². The van der Waals surface area contributed by atoms with Crippen LogP contribution in [0.4, 0.5) is 14.9 Å². The van der Waals surface area contributed by atoms with Gasteiger partial charge in [0.15, 0.2) is 6.29 Å². The third-order valence-electron chi connectivity index (χ3n) is 4.70. The van der Waals surface area contributed by atoms with Crippen molar-refractivity contribution in [3.63, 3.8) is 0 Å². The highest BCUT2D eigenvalue weighted by atomic mass is 19.1. The molecule has 1 aromatic heterocycles. The minimum Gasteiger partial charge on any atom is -0.444 e. The maximum Gasteiger partial charge on any atom is 0.407 e. The van der Waals surface area contributed by atoms with Gasteiger partial charge in [0.2, 0.25) is 0 Å². The molecule has 3 rings (SSSR count). The van der Waals surface area contributed by atoms with Crippen molar-refractivity contribution in [3.05, 3.63) is 47.5 Å². The molecular formula is C22H23FN4O3. The van der Waals surface area contributed by atoms with Gasteiger partial charge in [-0.3, -0.25) is 9.78 Å². The zero-order valence-corrected chi connectivity index (χ0v) is 17.1. The Balaban J connectivity index is 1.89. The summed E-state index contributed by atoms with van der Waals surface area (Å²) in [6.45, 7) is 6.47. The maximum atomic E-state index is 13.8. The van der Waals surface area contributed by atoms with Crippen molar-refractivity contribution in [1.82, 2.24) is 10.3 Å². The standard InChI is InChI=1S/C22H23FN4O3/c1-22(2,3)30-21(29)26-17-6-7-27(12-17)20-16(13-28)10-25-11-18(20)14-4-5-19(23)15(8-14)9-24/h4-5,8,10-11,13,17H,6-7,12H2,1-3H3,(H,26,29). The number of carbonyl (C=O) groups excluding carboxylic acids is 2. The van der Waals surface area contributed by atoms with Gasteiger partial charge in [-0.2, -0.15) is 5.26 Å². The number of benzene rings is 1. The number of hydrogen-bond acceptors (Lipinski definition) is 6. The average Bonchev–Trinajstić information content (AvgIpc) is 3.14. The maximum absolute atomic E-state index is 13.8. The van der Waals surface area contributed by atoms with Gasteiger partial charge in [0.25, 0.3) is 0 Å². The van der Waals surface area contributed by atoms with E-state index in [4.69, 9.17) is 10.00 Å². The lowest BCUT2D eigenvalue weighted by atomic mass is 10.0.